The molecule has 4 aromatic carbocycles. The second-order valence-electron chi connectivity index (χ2n) is 9.92. The van der Waals surface area contributed by atoms with Crippen molar-refractivity contribution in [2.24, 2.45) is 0 Å². The van der Waals surface area contributed by atoms with E-state index in [2.05, 4.69) is 13.8 Å². The van der Waals surface area contributed by atoms with Crippen LogP contribution in [0.2, 0.25) is 0 Å². The molecule has 39 heavy (non-hydrogen) atoms. The van der Waals surface area contributed by atoms with Crippen molar-refractivity contribution in [1.29, 1.82) is 0 Å². The van der Waals surface area contributed by atoms with Gasteiger partial charge in [0.25, 0.3) is 0 Å². The molecule has 0 radical (unpaired) electrons. The van der Waals surface area contributed by atoms with Crippen LogP contribution in [-0.4, -0.2) is 11.9 Å². The maximum atomic E-state index is 12.4. The first-order valence-electron chi connectivity index (χ1n) is 12.8. The highest BCUT2D eigenvalue weighted by atomic mass is 16.5. The van der Waals surface area contributed by atoms with Crippen LogP contribution in [0.15, 0.2) is 109 Å². The predicted octanol–water partition coefficient (Wildman–Crippen LogP) is 7.87. The summed E-state index contributed by atoms with van der Waals surface area (Å²) in [7, 11) is 0. The van der Waals surface area contributed by atoms with E-state index in [-0.39, 0.29) is 5.41 Å². The molecule has 0 spiro atoms. The first kappa shape index (κ1) is 27.3. The molecule has 4 rings (SSSR count). The average Bonchev–Trinajstić information content (AvgIpc) is 2.94. The summed E-state index contributed by atoms with van der Waals surface area (Å²) in [5.74, 6) is 0.209. The summed E-state index contributed by atoms with van der Waals surface area (Å²) in [6.45, 7) is 8.14. The van der Waals surface area contributed by atoms with Gasteiger partial charge in [0, 0.05) is 17.6 Å². The van der Waals surface area contributed by atoms with Crippen LogP contribution in [-0.2, 0) is 15.0 Å². The Morgan fingerprint density at radius 3 is 1.33 bits per heavy atom. The zero-order chi connectivity index (χ0) is 27.8. The molecule has 0 aliphatic carbocycles. The summed E-state index contributed by atoms with van der Waals surface area (Å²) >= 11 is 0. The molecule has 0 fully saturated rings. The topological polar surface area (TPSA) is 52.6 Å². The maximum Gasteiger partial charge on any atom is 0.336 e. The summed E-state index contributed by atoms with van der Waals surface area (Å²) in [6.07, 6.45) is 6.33. The van der Waals surface area contributed by atoms with Crippen molar-refractivity contribution < 1.29 is 19.1 Å². The Hall–Kier alpha value is -4.70. The molecule has 0 aliphatic heterocycles. The van der Waals surface area contributed by atoms with Gasteiger partial charge >= 0.3 is 11.9 Å². The molecule has 0 unspecified atom stereocenters. The van der Waals surface area contributed by atoms with Gasteiger partial charge in [0.15, 0.2) is 0 Å². The fraction of sp³-hybridized carbons (Fsp3) is 0.143. The molecular weight excluding hydrogens is 484 g/mol. The zero-order valence-electron chi connectivity index (χ0n) is 22.7. The van der Waals surface area contributed by atoms with Crippen LogP contribution in [0.1, 0.15) is 47.2 Å². The van der Waals surface area contributed by atoms with Gasteiger partial charge in [-0.15, -0.1) is 0 Å². The molecule has 0 amide bonds. The number of hydrogen-bond acceptors (Lipinski definition) is 4. The number of carbonyl (C=O) groups excluding carboxylic acids is 2. The number of benzene rings is 4. The van der Waals surface area contributed by atoms with Crippen LogP contribution in [0.25, 0.3) is 12.2 Å². The number of aryl methyl sites for hydroxylation is 2. The van der Waals surface area contributed by atoms with E-state index >= 15 is 0 Å². The molecule has 0 atom stereocenters. The third kappa shape index (κ3) is 7.20. The molecule has 4 heteroatoms. The zero-order valence-corrected chi connectivity index (χ0v) is 22.7. The van der Waals surface area contributed by atoms with Crippen molar-refractivity contribution in [3.05, 3.63) is 143 Å². The highest BCUT2D eigenvalue weighted by Crippen LogP contribution is 2.36. The molecule has 4 aromatic rings. The molecular formula is C35H32O4. The van der Waals surface area contributed by atoms with Gasteiger partial charge in [-0.2, -0.15) is 0 Å². The van der Waals surface area contributed by atoms with Crippen LogP contribution in [0.5, 0.6) is 11.5 Å². The smallest absolute Gasteiger partial charge is 0.336 e. The van der Waals surface area contributed by atoms with Gasteiger partial charge < -0.3 is 9.47 Å². The van der Waals surface area contributed by atoms with Crippen molar-refractivity contribution >= 4 is 24.1 Å². The molecule has 0 heterocycles. The van der Waals surface area contributed by atoms with E-state index in [1.165, 1.54) is 12.2 Å². The van der Waals surface area contributed by atoms with Crippen molar-refractivity contribution in [1.82, 2.24) is 0 Å². The van der Waals surface area contributed by atoms with Gasteiger partial charge in [-0.05, 0) is 71.5 Å². The number of hydrogen-bond donors (Lipinski definition) is 0. The SMILES string of the molecule is Cc1cc(C(C)(C)c2ccc(OC(=O)C=Cc3ccccc3)c(C)c2)ccc1OC(=O)C=Cc1ccccc1. The minimum absolute atomic E-state index is 0.332. The van der Waals surface area contributed by atoms with Gasteiger partial charge in [-0.3, -0.25) is 0 Å². The molecule has 0 saturated heterocycles. The lowest BCUT2D eigenvalue weighted by Crippen LogP contribution is -2.19. The van der Waals surface area contributed by atoms with Crippen LogP contribution in [0, 0.1) is 13.8 Å². The fourth-order valence-electron chi connectivity index (χ4n) is 4.21. The second kappa shape index (κ2) is 12.2. The number of esters is 2. The highest BCUT2D eigenvalue weighted by Gasteiger charge is 2.25. The van der Waals surface area contributed by atoms with Crippen LogP contribution in [0.3, 0.4) is 0 Å². The summed E-state index contributed by atoms with van der Waals surface area (Å²) in [5.41, 5.74) is 5.43. The average molecular weight is 517 g/mol. The summed E-state index contributed by atoms with van der Waals surface area (Å²) in [6, 6.07) is 30.9. The molecule has 196 valence electrons. The Morgan fingerprint density at radius 1 is 0.590 bits per heavy atom. The predicted molar refractivity (Wildman–Crippen MR) is 157 cm³/mol. The molecule has 0 N–H and O–H groups in total. The van der Waals surface area contributed by atoms with Crippen LogP contribution < -0.4 is 9.47 Å². The maximum absolute atomic E-state index is 12.4. The largest absolute Gasteiger partial charge is 0.423 e. The number of ether oxygens (including phenoxy) is 2. The normalized spacial score (nSPS) is 11.6. The van der Waals surface area contributed by atoms with Crippen molar-refractivity contribution in [2.45, 2.75) is 33.1 Å². The number of rotatable bonds is 8. The monoisotopic (exact) mass is 516 g/mol. The first-order valence-corrected chi connectivity index (χ1v) is 12.8. The third-order valence-electron chi connectivity index (χ3n) is 6.64. The lowest BCUT2D eigenvalue weighted by Gasteiger charge is -2.27. The summed E-state index contributed by atoms with van der Waals surface area (Å²) < 4.78 is 11.2. The Balaban J connectivity index is 1.44. The molecule has 0 aliphatic rings. The summed E-state index contributed by atoms with van der Waals surface area (Å²) in [5, 5.41) is 0. The second-order valence-corrected chi connectivity index (χ2v) is 9.92. The Bertz CT molecular complexity index is 1400. The lowest BCUT2D eigenvalue weighted by molar-refractivity contribution is -0.129. The van der Waals surface area contributed by atoms with Gasteiger partial charge in [0.2, 0.25) is 0 Å². The van der Waals surface area contributed by atoms with Crippen LogP contribution in [0.4, 0.5) is 0 Å². The van der Waals surface area contributed by atoms with Gasteiger partial charge in [-0.25, -0.2) is 9.59 Å². The van der Waals surface area contributed by atoms with Crippen molar-refractivity contribution in [2.75, 3.05) is 0 Å². The lowest BCUT2D eigenvalue weighted by atomic mass is 9.77. The van der Waals surface area contributed by atoms with E-state index in [0.29, 0.717) is 11.5 Å². The number of carbonyl (C=O) groups is 2. The van der Waals surface area contributed by atoms with Gasteiger partial charge in [-0.1, -0.05) is 98.8 Å². The van der Waals surface area contributed by atoms with E-state index in [0.717, 1.165) is 33.4 Å². The Kier molecular flexibility index (Phi) is 8.57. The summed E-state index contributed by atoms with van der Waals surface area (Å²) in [4.78, 5) is 24.7. The molecule has 0 aromatic heterocycles. The van der Waals surface area contributed by atoms with E-state index < -0.39 is 11.9 Å². The molecule has 0 bridgehead atoms. The van der Waals surface area contributed by atoms with Crippen LogP contribution >= 0.6 is 0 Å². The minimum atomic E-state index is -0.423. The molecule has 4 nitrogen and oxygen atoms in total. The quantitative estimate of drug-likeness (QED) is 0.136. The standard InChI is InChI=1S/C35H32O4/c1-25-23-29(17-19-31(25)38-33(36)21-15-27-11-7-5-8-12-27)35(3,4)30-18-20-32(26(2)24-30)39-34(37)22-16-28-13-9-6-10-14-28/h5-24H,1-4H3. The highest BCUT2D eigenvalue weighted by molar-refractivity contribution is 5.89. The van der Waals surface area contributed by atoms with E-state index in [4.69, 9.17) is 9.47 Å². The van der Waals surface area contributed by atoms with E-state index in [9.17, 15) is 9.59 Å². The Morgan fingerprint density at radius 2 is 0.974 bits per heavy atom. The molecule has 0 saturated carbocycles. The van der Waals surface area contributed by atoms with Gasteiger partial charge in [0.1, 0.15) is 11.5 Å². The fourth-order valence-corrected chi connectivity index (χ4v) is 4.21. The van der Waals surface area contributed by atoms with Crippen molar-refractivity contribution in [3.63, 3.8) is 0 Å². The first-order chi connectivity index (χ1) is 18.7. The van der Waals surface area contributed by atoms with Gasteiger partial charge in [0.05, 0.1) is 0 Å². The minimum Gasteiger partial charge on any atom is -0.423 e. The third-order valence-corrected chi connectivity index (χ3v) is 6.64. The Labute approximate surface area is 230 Å². The van der Waals surface area contributed by atoms with Crippen molar-refractivity contribution in [3.8, 4) is 11.5 Å². The van der Waals surface area contributed by atoms with E-state index in [1.54, 1.807) is 12.2 Å². The van der Waals surface area contributed by atoms with E-state index in [1.807, 2.05) is 111 Å².